The second-order valence-corrected chi connectivity index (χ2v) is 14.1. The van der Waals surface area contributed by atoms with Crippen molar-refractivity contribution in [3.8, 4) is 17.2 Å². The zero-order chi connectivity index (χ0) is 35.8. The van der Waals surface area contributed by atoms with Gasteiger partial charge in [-0.25, -0.2) is 17.2 Å². The van der Waals surface area contributed by atoms with Crippen molar-refractivity contribution in [3.63, 3.8) is 0 Å². The summed E-state index contributed by atoms with van der Waals surface area (Å²) in [6.07, 6.45) is 2.39. The summed E-state index contributed by atoms with van der Waals surface area (Å²) in [5.41, 5.74) is 2.76. The van der Waals surface area contributed by atoms with Crippen molar-refractivity contribution in [1.29, 1.82) is 0 Å². The third kappa shape index (κ3) is 10.2. The van der Waals surface area contributed by atoms with Crippen LogP contribution in [0.3, 0.4) is 0 Å². The van der Waals surface area contributed by atoms with Crippen LogP contribution in [0.1, 0.15) is 29.5 Å². The Hall–Kier alpha value is -4.72. The van der Waals surface area contributed by atoms with Gasteiger partial charge < -0.3 is 19.7 Å². The quantitative estimate of drug-likeness (QED) is 0.146. The Morgan fingerprint density at radius 2 is 1.68 bits per heavy atom. The number of nitrogens with one attached hydrogen (secondary N) is 3. The molecule has 1 saturated heterocycles. The Morgan fingerprint density at radius 1 is 0.960 bits per heavy atom. The van der Waals surface area contributed by atoms with Gasteiger partial charge in [-0.3, -0.25) is 19.6 Å². The predicted octanol–water partition coefficient (Wildman–Crippen LogP) is 6.32. The summed E-state index contributed by atoms with van der Waals surface area (Å²) in [5, 5.41) is 5.82. The number of rotatable bonds is 13. The summed E-state index contributed by atoms with van der Waals surface area (Å²) in [7, 11) is -3.55. The average molecular weight is 727 g/mol. The van der Waals surface area contributed by atoms with Gasteiger partial charge in [-0.1, -0.05) is 35.9 Å². The van der Waals surface area contributed by atoms with Crippen molar-refractivity contribution >= 4 is 44.8 Å². The van der Waals surface area contributed by atoms with Crippen LogP contribution in [0.4, 0.5) is 20.2 Å². The lowest BCUT2D eigenvalue weighted by Crippen LogP contribution is -2.42. The standard InChI is InChI=1S/C36H37ClF2N4O6S/c1-23-32(42-50(2,46)47)4-3-5-33(23)43(21-26-8-9-27(38)18-31(26)39)20-24-6-10-28(11-7-24)49-29-12-13-30(37)34(19-29)48-22-35(44)41-36(45)25-14-16-40-17-15-25/h3-13,18-19,25,40,42H,14-17,20-22H2,1-2H3,(H,41,44,45). The van der Waals surface area contributed by atoms with Crippen LogP contribution in [-0.2, 0) is 32.7 Å². The third-order valence-electron chi connectivity index (χ3n) is 8.08. The van der Waals surface area contributed by atoms with Crippen molar-refractivity contribution in [2.75, 3.05) is 35.6 Å². The normalized spacial score (nSPS) is 13.4. The molecule has 0 unspecified atom stereocenters. The second kappa shape index (κ2) is 16.3. The van der Waals surface area contributed by atoms with Crippen LogP contribution in [0.5, 0.6) is 17.2 Å². The van der Waals surface area contributed by atoms with Crippen molar-refractivity contribution in [1.82, 2.24) is 10.6 Å². The zero-order valence-electron chi connectivity index (χ0n) is 27.5. The molecule has 50 heavy (non-hydrogen) atoms. The van der Waals surface area contributed by atoms with E-state index in [2.05, 4.69) is 15.4 Å². The maximum Gasteiger partial charge on any atom is 0.264 e. The smallest absolute Gasteiger partial charge is 0.264 e. The molecule has 1 heterocycles. The number of ether oxygens (including phenoxy) is 2. The van der Waals surface area contributed by atoms with E-state index in [9.17, 15) is 26.8 Å². The SMILES string of the molecule is Cc1c(NS(C)(=O)=O)cccc1N(Cc1ccc(Oc2ccc(Cl)c(OCC(=O)NC(=O)C3CCNCC3)c2)cc1)Cc1ccc(F)cc1F. The van der Waals surface area contributed by atoms with E-state index in [0.717, 1.165) is 31.0 Å². The number of amides is 2. The van der Waals surface area contributed by atoms with E-state index >= 15 is 0 Å². The maximum absolute atomic E-state index is 14.8. The first-order chi connectivity index (χ1) is 23.8. The fourth-order valence-corrected chi connectivity index (χ4v) is 6.33. The van der Waals surface area contributed by atoms with Gasteiger partial charge in [-0.05, 0) is 86.4 Å². The van der Waals surface area contributed by atoms with Gasteiger partial charge in [0.25, 0.3) is 5.91 Å². The van der Waals surface area contributed by atoms with E-state index < -0.39 is 34.2 Å². The first kappa shape index (κ1) is 36.6. The number of sulfonamides is 1. The maximum atomic E-state index is 14.8. The Bertz CT molecular complexity index is 1960. The molecule has 0 spiro atoms. The molecular weight excluding hydrogens is 690 g/mol. The van der Waals surface area contributed by atoms with Crippen LogP contribution in [-0.4, -0.2) is 46.2 Å². The van der Waals surface area contributed by atoms with E-state index in [4.69, 9.17) is 21.1 Å². The first-order valence-electron chi connectivity index (χ1n) is 15.8. The Balaban J connectivity index is 1.27. The largest absolute Gasteiger partial charge is 0.482 e. The van der Waals surface area contributed by atoms with Crippen LogP contribution in [0.2, 0.25) is 5.02 Å². The molecule has 5 rings (SSSR count). The topological polar surface area (TPSA) is 126 Å². The summed E-state index contributed by atoms with van der Waals surface area (Å²) >= 11 is 6.29. The number of carbonyl (C=O) groups is 2. The molecule has 4 aromatic carbocycles. The monoisotopic (exact) mass is 726 g/mol. The molecule has 14 heteroatoms. The Kier molecular flexibility index (Phi) is 11.9. The van der Waals surface area contributed by atoms with Gasteiger partial charge in [-0.15, -0.1) is 0 Å². The molecule has 1 fully saturated rings. The fraction of sp³-hybridized carbons (Fsp3) is 0.278. The van der Waals surface area contributed by atoms with Crippen molar-refractivity contribution in [2.45, 2.75) is 32.9 Å². The molecule has 0 aliphatic carbocycles. The number of nitrogens with zero attached hydrogens (tertiary/aromatic N) is 1. The van der Waals surface area contributed by atoms with Crippen molar-refractivity contribution < 1.29 is 36.3 Å². The number of carbonyl (C=O) groups excluding carboxylic acids is 2. The number of hydrogen-bond acceptors (Lipinski definition) is 8. The predicted molar refractivity (Wildman–Crippen MR) is 188 cm³/mol. The van der Waals surface area contributed by atoms with Crippen LogP contribution < -0.4 is 29.7 Å². The molecule has 0 atom stereocenters. The van der Waals surface area contributed by atoms with Gasteiger partial charge in [0, 0.05) is 42.4 Å². The number of imide groups is 1. The molecular formula is C36H37ClF2N4O6S. The highest BCUT2D eigenvalue weighted by atomic mass is 35.5. The van der Waals surface area contributed by atoms with Gasteiger partial charge in [0.1, 0.15) is 28.9 Å². The van der Waals surface area contributed by atoms with Crippen LogP contribution >= 0.6 is 11.6 Å². The fourth-order valence-electron chi connectivity index (χ4n) is 5.54. The Labute approximate surface area is 294 Å². The molecule has 0 aromatic heterocycles. The molecule has 10 nitrogen and oxygen atoms in total. The molecule has 0 saturated carbocycles. The highest BCUT2D eigenvalue weighted by molar-refractivity contribution is 7.92. The van der Waals surface area contributed by atoms with Crippen LogP contribution in [0.15, 0.2) is 78.9 Å². The number of hydrogen-bond donors (Lipinski definition) is 3. The minimum atomic E-state index is -3.55. The minimum Gasteiger partial charge on any atom is -0.482 e. The molecule has 4 aromatic rings. The van der Waals surface area contributed by atoms with Crippen LogP contribution in [0.25, 0.3) is 0 Å². The van der Waals surface area contributed by atoms with E-state index in [1.807, 2.05) is 17.0 Å². The number of halogens is 3. The van der Waals surface area contributed by atoms with E-state index in [1.165, 1.54) is 18.2 Å². The Morgan fingerprint density at radius 3 is 2.38 bits per heavy atom. The molecule has 264 valence electrons. The van der Waals surface area contributed by atoms with E-state index in [-0.39, 0.29) is 34.7 Å². The van der Waals surface area contributed by atoms with E-state index in [1.54, 1.807) is 49.4 Å². The zero-order valence-corrected chi connectivity index (χ0v) is 29.0. The van der Waals surface area contributed by atoms with Gasteiger partial charge in [0.05, 0.1) is 17.0 Å². The number of piperidine rings is 1. The summed E-state index contributed by atoms with van der Waals surface area (Å²) in [6, 6.07) is 20.4. The lowest BCUT2D eigenvalue weighted by Gasteiger charge is -2.28. The minimum absolute atomic E-state index is 0.0747. The van der Waals surface area contributed by atoms with Gasteiger partial charge in [0.15, 0.2) is 6.61 Å². The molecule has 1 aliphatic heterocycles. The summed E-state index contributed by atoms with van der Waals surface area (Å²) in [6.45, 7) is 3.18. The summed E-state index contributed by atoms with van der Waals surface area (Å²) in [5.74, 6) is -1.40. The summed E-state index contributed by atoms with van der Waals surface area (Å²) in [4.78, 5) is 26.6. The second-order valence-electron chi connectivity index (χ2n) is 12.0. The molecule has 0 bridgehead atoms. The number of anilines is 2. The average Bonchev–Trinajstić information content (AvgIpc) is 3.07. The number of benzene rings is 4. The van der Waals surface area contributed by atoms with E-state index in [0.29, 0.717) is 47.8 Å². The molecule has 1 aliphatic rings. The molecule has 3 N–H and O–H groups in total. The third-order valence-corrected chi connectivity index (χ3v) is 8.99. The molecule has 2 amide bonds. The van der Waals surface area contributed by atoms with Gasteiger partial charge in [0.2, 0.25) is 15.9 Å². The lowest BCUT2D eigenvalue weighted by atomic mass is 9.97. The summed E-state index contributed by atoms with van der Waals surface area (Å²) < 4.78 is 66.5. The van der Waals surface area contributed by atoms with Crippen LogP contribution in [0, 0.1) is 24.5 Å². The first-order valence-corrected chi connectivity index (χ1v) is 18.1. The van der Waals surface area contributed by atoms with Crippen molar-refractivity contribution in [2.24, 2.45) is 5.92 Å². The highest BCUT2D eigenvalue weighted by Crippen LogP contribution is 2.33. The van der Waals surface area contributed by atoms with Gasteiger partial charge >= 0.3 is 0 Å². The lowest BCUT2D eigenvalue weighted by molar-refractivity contribution is -0.134. The highest BCUT2D eigenvalue weighted by Gasteiger charge is 2.23. The molecule has 0 radical (unpaired) electrons. The van der Waals surface area contributed by atoms with Gasteiger partial charge in [-0.2, -0.15) is 0 Å². The van der Waals surface area contributed by atoms with Crippen molar-refractivity contribution in [3.05, 3.63) is 112 Å².